The molecule has 122 valence electrons. The van der Waals surface area contributed by atoms with Gasteiger partial charge in [0.15, 0.2) is 0 Å². The Balaban J connectivity index is 1.74. The van der Waals surface area contributed by atoms with Gasteiger partial charge in [0.05, 0.1) is 5.69 Å². The highest BCUT2D eigenvalue weighted by molar-refractivity contribution is 5.90. The Kier molecular flexibility index (Phi) is 4.22. The molecule has 1 aromatic heterocycles. The lowest BCUT2D eigenvalue weighted by Crippen LogP contribution is -2.30. The summed E-state index contributed by atoms with van der Waals surface area (Å²) in [5.74, 6) is -1.51. The number of fused-ring (bicyclic) bond motifs is 1. The van der Waals surface area contributed by atoms with Gasteiger partial charge in [-0.1, -0.05) is 6.42 Å². The molecule has 1 amide bonds. The lowest BCUT2D eigenvalue weighted by Gasteiger charge is -2.06. The summed E-state index contributed by atoms with van der Waals surface area (Å²) in [7, 11) is 0. The van der Waals surface area contributed by atoms with Crippen LogP contribution in [0, 0.1) is 11.6 Å². The van der Waals surface area contributed by atoms with Crippen molar-refractivity contribution in [2.75, 3.05) is 5.32 Å². The van der Waals surface area contributed by atoms with Crippen molar-refractivity contribution in [1.29, 1.82) is 0 Å². The van der Waals surface area contributed by atoms with Gasteiger partial charge in [-0.15, -0.1) is 0 Å². The predicted molar refractivity (Wildman–Crippen MR) is 79.0 cm³/mol. The molecule has 2 heterocycles. The summed E-state index contributed by atoms with van der Waals surface area (Å²) in [4.78, 5) is 24.2. The van der Waals surface area contributed by atoms with Gasteiger partial charge >= 0.3 is 5.69 Å². The van der Waals surface area contributed by atoms with Crippen LogP contribution in [0.25, 0.3) is 0 Å². The molecule has 3 rings (SSSR count). The topological polar surface area (TPSA) is 68.9 Å². The number of halogens is 2. The predicted octanol–water partition coefficient (Wildman–Crippen LogP) is 1.69. The highest BCUT2D eigenvalue weighted by Crippen LogP contribution is 2.15. The molecule has 0 aliphatic carbocycles. The summed E-state index contributed by atoms with van der Waals surface area (Å²) in [6.45, 7) is 0.290. The number of carbonyl (C=O) groups excluding carboxylic acids is 1. The van der Waals surface area contributed by atoms with E-state index in [0.29, 0.717) is 24.9 Å². The Labute approximate surface area is 130 Å². The maximum absolute atomic E-state index is 13.5. The number of hydrogen-bond donors (Lipinski definition) is 1. The second-order valence-electron chi connectivity index (χ2n) is 5.49. The van der Waals surface area contributed by atoms with Crippen molar-refractivity contribution in [3.63, 3.8) is 0 Å². The molecule has 1 aliphatic rings. The fourth-order valence-electron chi connectivity index (χ4n) is 2.64. The number of anilines is 1. The van der Waals surface area contributed by atoms with E-state index in [2.05, 4.69) is 10.4 Å². The van der Waals surface area contributed by atoms with Crippen molar-refractivity contribution in [3.05, 3.63) is 46.1 Å². The highest BCUT2D eigenvalue weighted by Gasteiger charge is 2.17. The molecule has 0 saturated heterocycles. The molecule has 23 heavy (non-hydrogen) atoms. The van der Waals surface area contributed by atoms with E-state index in [0.717, 1.165) is 36.1 Å². The SMILES string of the molecule is O=C(Cn1nc2n(c1=O)CCCCC2)Nc1ccc(F)cc1F. The molecule has 1 N–H and O–H groups in total. The fourth-order valence-corrected chi connectivity index (χ4v) is 2.64. The van der Waals surface area contributed by atoms with Gasteiger partial charge in [0, 0.05) is 19.0 Å². The molecule has 0 spiro atoms. The average molecular weight is 322 g/mol. The number of carbonyl (C=O) groups is 1. The minimum Gasteiger partial charge on any atom is -0.322 e. The third-order valence-electron chi connectivity index (χ3n) is 3.78. The van der Waals surface area contributed by atoms with Gasteiger partial charge in [-0.25, -0.2) is 18.3 Å². The molecule has 1 aromatic carbocycles. The Morgan fingerprint density at radius 2 is 2.09 bits per heavy atom. The van der Waals surface area contributed by atoms with Crippen molar-refractivity contribution in [1.82, 2.24) is 14.3 Å². The standard InChI is InChI=1S/C15H16F2N4O2/c16-10-5-6-12(11(17)8-10)18-14(22)9-21-15(23)20-7-3-1-2-4-13(20)19-21/h5-6,8H,1-4,7,9H2,(H,18,22). The Morgan fingerprint density at radius 1 is 1.26 bits per heavy atom. The van der Waals surface area contributed by atoms with Crippen LogP contribution in [0.15, 0.2) is 23.0 Å². The number of benzene rings is 1. The van der Waals surface area contributed by atoms with E-state index in [1.807, 2.05) is 0 Å². The second-order valence-corrected chi connectivity index (χ2v) is 5.49. The van der Waals surface area contributed by atoms with Crippen LogP contribution >= 0.6 is 0 Å². The average Bonchev–Trinajstić information content (AvgIpc) is 2.68. The van der Waals surface area contributed by atoms with Gasteiger partial charge in [-0.05, 0) is 25.0 Å². The zero-order valence-corrected chi connectivity index (χ0v) is 12.4. The van der Waals surface area contributed by atoms with Crippen molar-refractivity contribution in [2.45, 2.75) is 38.8 Å². The lowest BCUT2D eigenvalue weighted by molar-refractivity contribution is -0.117. The van der Waals surface area contributed by atoms with Gasteiger partial charge in [0.1, 0.15) is 24.0 Å². The summed E-state index contributed by atoms with van der Waals surface area (Å²) in [6.07, 6.45) is 3.62. The van der Waals surface area contributed by atoms with Crippen molar-refractivity contribution >= 4 is 11.6 Å². The van der Waals surface area contributed by atoms with Crippen LogP contribution in [-0.4, -0.2) is 20.3 Å². The van der Waals surface area contributed by atoms with E-state index in [9.17, 15) is 18.4 Å². The largest absolute Gasteiger partial charge is 0.346 e. The molecule has 1 aliphatic heterocycles. The van der Waals surface area contributed by atoms with Gasteiger partial charge < -0.3 is 5.32 Å². The van der Waals surface area contributed by atoms with Crippen molar-refractivity contribution < 1.29 is 13.6 Å². The molecule has 0 unspecified atom stereocenters. The van der Waals surface area contributed by atoms with E-state index >= 15 is 0 Å². The zero-order valence-electron chi connectivity index (χ0n) is 12.4. The van der Waals surface area contributed by atoms with Crippen LogP contribution in [0.2, 0.25) is 0 Å². The highest BCUT2D eigenvalue weighted by atomic mass is 19.1. The molecule has 2 aromatic rings. The van der Waals surface area contributed by atoms with Gasteiger partial charge in [-0.3, -0.25) is 9.36 Å². The minimum absolute atomic E-state index is 0.134. The van der Waals surface area contributed by atoms with Gasteiger partial charge in [0.25, 0.3) is 0 Å². The molecule has 8 heteroatoms. The number of aryl methyl sites for hydroxylation is 1. The molecule has 0 bridgehead atoms. The van der Waals surface area contributed by atoms with Crippen LogP contribution in [0.5, 0.6) is 0 Å². The first kappa shape index (κ1) is 15.4. The normalized spacial score (nSPS) is 14.2. The van der Waals surface area contributed by atoms with Gasteiger partial charge in [-0.2, -0.15) is 5.10 Å². The molecular weight excluding hydrogens is 306 g/mol. The molecule has 6 nitrogen and oxygen atoms in total. The lowest BCUT2D eigenvalue weighted by atomic mass is 10.2. The van der Waals surface area contributed by atoms with Crippen molar-refractivity contribution in [2.24, 2.45) is 0 Å². The van der Waals surface area contributed by atoms with Crippen molar-refractivity contribution in [3.8, 4) is 0 Å². The maximum atomic E-state index is 13.5. The van der Waals surface area contributed by atoms with Crippen LogP contribution in [0.3, 0.4) is 0 Å². The van der Waals surface area contributed by atoms with E-state index in [4.69, 9.17) is 0 Å². The number of rotatable bonds is 3. The Morgan fingerprint density at radius 3 is 2.87 bits per heavy atom. The summed E-state index contributed by atoms with van der Waals surface area (Å²) in [5.41, 5.74) is -0.471. The number of hydrogen-bond acceptors (Lipinski definition) is 3. The molecular formula is C15H16F2N4O2. The minimum atomic E-state index is -0.869. The summed E-state index contributed by atoms with van der Waals surface area (Å²) < 4.78 is 29.0. The maximum Gasteiger partial charge on any atom is 0.346 e. The Hall–Kier alpha value is -2.51. The number of aromatic nitrogens is 3. The number of nitrogens with zero attached hydrogens (tertiary/aromatic N) is 3. The van der Waals surface area contributed by atoms with E-state index in [-0.39, 0.29) is 17.9 Å². The Bertz CT molecular complexity index is 797. The molecule has 0 saturated carbocycles. The smallest absolute Gasteiger partial charge is 0.322 e. The molecule has 0 radical (unpaired) electrons. The molecule has 0 fully saturated rings. The van der Waals surface area contributed by atoms with E-state index in [1.54, 1.807) is 4.57 Å². The summed E-state index contributed by atoms with van der Waals surface area (Å²) in [5, 5.41) is 6.50. The first-order chi connectivity index (χ1) is 11.0. The first-order valence-electron chi connectivity index (χ1n) is 7.46. The third-order valence-corrected chi connectivity index (χ3v) is 3.78. The zero-order chi connectivity index (χ0) is 16.4. The summed E-state index contributed by atoms with van der Waals surface area (Å²) in [6, 6.07) is 2.86. The third kappa shape index (κ3) is 3.30. The quantitative estimate of drug-likeness (QED) is 0.935. The van der Waals surface area contributed by atoms with E-state index < -0.39 is 17.5 Å². The first-order valence-corrected chi connectivity index (χ1v) is 7.46. The van der Waals surface area contributed by atoms with Gasteiger partial charge in [0.2, 0.25) is 5.91 Å². The van der Waals surface area contributed by atoms with Crippen LogP contribution in [0.1, 0.15) is 25.1 Å². The monoisotopic (exact) mass is 322 g/mol. The van der Waals surface area contributed by atoms with Crippen LogP contribution < -0.4 is 11.0 Å². The van der Waals surface area contributed by atoms with E-state index in [1.165, 1.54) is 0 Å². The number of nitrogens with one attached hydrogen (secondary N) is 1. The van der Waals surface area contributed by atoms with Crippen LogP contribution in [0.4, 0.5) is 14.5 Å². The fraction of sp³-hybridized carbons (Fsp3) is 0.400. The number of amides is 1. The molecule has 0 atom stereocenters. The second kappa shape index (κ2) is 6.31. The summed E-state index contributed by atoms with van der Waals surface area (Å²) >= 11 is 0. The van der Waals surface area contributed by atoms with Crippen LogP contribution in [-0.2, 0) is 24.3 Å².